The van der Waals surface area contributed by atoms with Gasteiger partial charge < -0.3 is 0 Å². The quantitative estimate of drug-likeness (QED) is 0.554. The van der Waals surface area contributed by atoms with Crippen LogP contribution in [0.25, 0.3) is 0 Å². The predicted molar refractivity (Wildman–Crippen MR) is 47.6 cm³/mol. The summed E-state index contributed by atoms with van der Waals surface area (Å²) in [5, 5.41) is 0. The number of nitrogens with two attached hydrogens (primary N) is 1. The molecular weight excluding hydrogens is 193 g/mol. The van der Waals surface area contributed by atoms with E-state index in [9.17, 15) is 0 Å². The van der Waals surface area contributed by atoms with Gasteiger partial charge in [-0.2, -0.15) is 0 Å². The Morgan fingerprint density at radius 2 is 2.30 bits per heavy atom. The van der Waals surface area contributed by atoms with E-state index in [2.05, 4.69) is 10.4 Å². The highest BCUT2D eigenvalue weighted by Gasteiger charge is 1.87. The van der Waals surface area contributed by atoms with Gasteiger partial charge in [-0.25, -0.2) is 0 Å². The van der Waals surface area contributed by atoms with Crippen LogP contribution in [0.15, 0.2) is 11.7 Å². The highest BCUT2D eigenvalue weighted by molar-refractivity contribution is 7.09. The van der Waals surface area contributed by atoms with Crippen LogP contribution < -0.4 is 11.3 Å². The van der Waals surface area contributed by atoms with Crippen molar-refractivity contribution in [2.45, 2.75) is 6.54 Å². The van der Waals surface area contributed by atoms with Crippen molar-refractivity contribution in [1.29, 1.82) is 0 Å². The van der Waals surface area contributed by atoms with Crippen LogP contribution in [-0.2, 0) is 6.54 Å². The maximum atomic E-state index is 5.05. The average molecular weight is 202 g/mol. The number of thiazole rings is 1. The van der Waals surface area contributed by atoms with Crippen LogP contribution in [0.2, 0.25) is 0 Å². The molecule has 0 atom stereocenters. The number of hydrogen-bond acceptors (Lipinski definition) is 4. The fraction of sp³-hybridized carbons (Fsp3) is 0.250. The molecule has 0 amide bonds. The van der Waals surface area contributed by atoms with Crippen LogP contribution in [0.3, 0.4) is 0 Å². The molecule has 0 aromatic carbocycles. The second-order valence-corrected chi connectivity index (χ2v) is 2.32. The van der Waals surface area contributed by atoms with Crippen molar-refractivity contribution in [3.05, 3.63) is 16.6 Å². The molecule has 0 saturated heterocycles. The second kappa shape index (κ2) is 7.24. The lowest BCUT2D eigenvalue weighted by molar-refractivity contribution is 0.750. The van der Waals surface area contributed by atoms with Gasteiger partial charge in [-0.15, -0.1) is 36.2 Å². The zero-order valence-corrected chi connectivity index (χ0v) is 7.56. The first kappa shape index (κ1) is 12.8. The molecule has 1 aromatic rings. The molecule has 3 nitrogen and oxygen atoms in total. The summed E-state index contributed by atoms with van der Waals surface area (Å²) in [7, 11) is 0. The van der Waals surface area contributed by atoms with Crippen molar-refractivity contribution in [1.82, 2.24) is 10.4 Å². The minimum atomic E-state index is 0. The Balaban J connectivity index is 0. The van der Waals surface area contributed by atoms with Crippen molar-refractivity contribution in [2.75, 3.05) is 0 Å². The largest absolute Gasteiger partial charge is 0.271 e. The molecule has 0 fully saturated rings. The van der Waals surface area contributed by atoms with E-state index < -0.39 is 0 Å². The van der Waals surface area contributed by atoms with E-state index in [0.717, 1.165) is 4.88 Å². The number of aromatic nitrogens is 1. The lowest BCUT2D eigenvalue weighted by Crippen LogP contribution is -2.19. The van der Waals surface area contributed by atoms with E-state index in [4.69, 9.17) is 5.84 Å². The van der Waals surface area contributed by atoms with Gasteiger partial charge in [0.25, 0.3) is 0 Å². The highest BCUT2D eigenvalue weighted by Crippen LogP contribution is 2.02. The summed E-state index contributed by atoms with van der Waals surface area (Å²) in [6.45, 7) is 0.713. The van der Waals surface area contributed by atoms with Gasteiger partial charge in [0.15, 0.2) is 0 Å². The molecule has 0 bridgehead atoms. The number of hydrogen-bond donors (Lipinski definition) is 2. The maximum absolute atomic E-state index is 5.05. The van der Waals surface area contributed by atoms with Crippen LogP contribution in [0.4, 0.5) is 0 Å². The van der Waals surface area contributed by atoms with E-state index in [1.807, 2.05) is 0 Å². The fourth-order valence-corrected chi connectivity index (χ4v) is 0.976. The normalized spacial score (nSPS) is 7.70. The Morgan fingerprint density at radius 1 is 1.60 bits per heavy atom. The van der Waals surface area contributed by atoms with Gasteiger partial charge in [0.1, 0.15) is 0 Å². The Kier molecular flexibility index (Phi) is 9.25. The van der Waals surface area contributed by atoms with Crippen molar-refractivity contribution in [2.24, 2.45) is 5.84 Å². The Hall–Kier alpha value is 0.130. The van der Waals surface area contributed by atoms with Crippen LogP contribution >= 0.6 is 36.2 Å². The first-order valence-electron chi connectivity index (χ1n) is 2.24. The third-order valence-electron chi connectivity index (χ3n) is 0.760. The molecule has 1 rings (SSSR count). The van der Waals surface area contributed by atoms with E-state index in [0.29, 0.717) is 6.54 Å². The van der Waals surface area contributed by atoms with Crippen molar-refractivity contribution < 1.29 is 0 Å². The summed E-state index contributed by atoms with van der Waals surface area (Å²) in [6.07, 6.45) is 1.80. The van der Waals surface area contributed by atoms with Crippen molar-refractivity contribution in [3.8, 4) is 0 Å². The van der Waals surface area contributed by atoms with Crippen molar-refractivity contribution in [3.63, 3.8) is 0 Å². The topological polar surface area (TPSA) is 50.9 Å². The van der Waals surface area contributed by atoms with Gasteiger partial charge in [-0.05, 0) is 0 Å². The van der Waals surface area contributed by atoms with Gasteiger partial charge in [-0.1, -0.05) is 0 Å². The molecule has 0 radical (unpaired) electrons. The SMILES string of the molecule is Cl.Cl.NNCc1cncs1. The van der Waals surface area contributed by atoms with Crippen LogP contribution in [0, 0.1) is 0 Å². The third-order valence-corrected chi connectivity index (χ3v) is 1.54. The zero-order valence-electron chi connectivity index (χ0n) is 5.11. The van der Waals surface area contributed by atoms with Crippen LogP contribution in [0.5, 0.6) is 0 Å². The maximum Gasteiger partial charge on any atom is 0.0794 e. The standard InChI is InChI=1S/C4H7N3S.2ClH/c5-7-2-4-1-6-3-8-4;;/h1,3,7H,2,5H2;2*1H. The van der Waals surface area contributed by atoms with E-state index >= 15 is 0 Å². The monoisotopic (exact) mass is 201 g/mol. The Labute approximate surface area is 75.8 Å². The lowest BCUT2D eigenvalue weighted by Gasteiger charge is -1.88. The van der Waals surface area contributed by atoms with E-state index in [1.165, 1.54) is 0 Å². The van der Waals surface area contributed by atoms with Crippen molar-refractivity contribution >= 4 is 36.2 Å². The minimum absolute atomic E-state index is 0. The lowest BCUT2D eigenvalue weighted by atomic mass is 10.6. The van der Waals surface area contributed by atoms with E-state index in [1.54, 1.807) is 23.0 Å². The minimum Gasteiger partial charge on any atom is -0.271 e. The number of halogens is 2. The number of hydrazine groups is 1. The molecule has 0 aliphatic heterocycles. The average Bonchev–Trinajstić information content (AvgIpc) is 2.19. The molecule has 1 heterocycles. The van der Waals surface area contributed by atoms with Gasteiger partial charge in [0.05, 0.1) is 5.51 Å². The van der Waals surface area contributed by atoms with Gasteiger partial charge in [0, 0.05) is 17.6 Å². The highest BCUT2D eigenvalue weighted by atomic mass is 35.5. The van der Waals surface area contributed by atoms with Gasteiger partial charge in [-0.3, -0.25) is 16.3 Å². The summed E-state index contributed by atoms with van der Waals surface area (Å²) < 4.78 is 0. The molecule has 6 heteroatoms. The molecule has 3 N–H and O–H groups in total. The number of rotatable bonds is 2. The smallest absolute Gasteiger partial charge is 0.0794 e. The molecule has 0 spiro atoms. The number of nitrogens with one attached hydrogen (secondary N) is 1. The first-order valence-corrected chi connectivity index (χ1v) is 3.12. The van der Waals surface area contributed by atoms with Gasteiger partial charge >= 0.3 is 0 Å². The van der Waals surface area contributed by atoms with Crippen LogP contribution in [0.1, 0.15) is 4.88 Å². The summed E-state index contributed by atoms with van der Waals surface area (Å²) in [4.78, 5) is 5.02. The molecule has 0 unspecified atom stereocenters. The molecule has 1 aromatic heterocycles. The molecule has 0 aliphatic rings. The Morgan fingerprint density at radius 3 is 2.70 bits per heavy atom. The number of nitrogens with zero attached hydrogens (tertiary/aromatic N) is 1. The predicted octanol–water partition coefficient (Wildman–Crippen LogP) is 0.950. The summed E-state index contributed by atoms with van der Waals surface area (Å²) in [5.41, 5.74) is 4.32. The molecule has 60 valence electrons. The fourth-order valence-electron chi connectivity index (χ4n) is 0.430. The first-order chi connectivity index (χ1) is 3.93. The molecule has 0 aliphatic carbocycles. The Bertz CT molecular complexity index is 144. The summed E-state index contributed by atoms with van der Waals surface area (Å²) in [6, 6.07) is 0. The van der Waals surface area contributed by atoms with E-state index in [-0.39, 0.29) is 24.8 Å². The molecular formula is C4H9Cl2N3S. The molecule has 10 heavy (non-hydrogen) atoms. The summed E-state index contributed by atoms with van der Waals surface area (Å²) >= 11 is 1.59. The molecule has 0 saturated carbocycles. The summed E-state index contributed by atoms with van der Waals surface area (Å²) in [5.74, 6) is 5.05. The second-order valence-electron chi connectivity index (χ2n) is 1.35. The van der Waals surface area contributed by atoms with Gasteiger partial charge in [0.2, 0.25) is 0 Å². The van der Waals surface area contributed by atoms with Crippen LogP contribution in [-0.4, -0.2) is 4.98 Å². The third kappa shape index (κ3) is 4.03. The zero-order chi connectivity index (χ0) is 5.82.